The Morgan fingerprint density at radius 2 is 1.96 bits per heavy atom. The number of nitrogens with zero attached hydrogens (tertiary/aromatic N) is 3. The summed E-state index contributed by atoms with van der Waals surface area (Å²) in [5, 5.41) is 9.33. The van der Waals surface area contributed by atoms with Crippen molar-refractivity contribution in [2.75, 3.05) is 19.2 Å². The van der Waals surface area contributed by atoms with Crippen LogP contribution in [0.3, 0.4) is 0 Å². The molecule has 0 amide bonds. The third-order valence-electron chi connectivity index (χ3n) is 4.14. The highest BCUT2D eigenvalue weighted by Gasteiger charge is 2.18. The van der Waals surface area contributed by atoms with Gasteiger partial charge in [0, 0.05) is 12.1 Å². The summed E-state index contributed by atoms with van der Waals surface area (Å²) < 4.78 is 17.8. The first kappa shape index (κ1) is 18.4. The lowest BCUT2D eigenvalue weighted by Gasteiger charge is -2.10. The molecule has 1 aliphatic heterocycles. The monoisotopic (exact) mass is 397 g/mol. The van der Waals surface area contributed by atoms with Crippen molar-refractivity contribution >= 4 is 17.7 Å². The van der Waals surface area contributed by atoms with Gasteiger partial charge >= 0.3 is 5.97 Å². The van der Waals surface area contributed by atoms with Crippen LogP contribution in [-0.4, -0.2) is 39.9 Å². The molecular formula is C20H19N3O4S. The second kappa shape index (κ2) is 8.35. The molecule has 144 valence electrons. The zero-order chi connectivity index (χ0) is 19.3. The van der Waals surface area contributed by atoms with Crippen LogP contribution in [0.1, 0.15) is 18.3 Å². The van der Waals surface area contributed by atoms with E-state index in [1.807, 2.05) is 53.1 Å². The number of para-hydroxylation sites is 1. The molecule has 1 aromatic heterocycles. The number of hydrogen-bond donors (Lipinski definition) is 0. The van der Waals surface area contributed by atoms with Gasteiger partial charge in [-0.25, -0.2) is 0 Å². The number of carbonyl (C=O) groups is 1. The summed E-state index contributed by atoms with van der Waals surface area (Å²) in [5.41, 5.74) is 1.98. The number of hydrogen-bond acceptors (Lipinski definition) is 7. The molecule has 0 saturated heterocycles. The summed E-state index contributed by atoms with van der Waals surface area (Å²) in [6.45, 7) is 2.40. The first-order valence-electron chi connectivity index (χ1n) is 8.91. The molecule has 0 bridgehead atoms. The molecule has 0 spiro atoms. The van der Waals surface area contributed by atoms with Crippen molar-refractivity contribution in [2.45, 2.75) is 18.5 Å². The van der Waals surface area contributed by atoms with Gasteiger partial charge in [0.05, 0.1) is 12.4 Å². The SMILES string of the molecule is CCOC(=O)CSc1nnc(Cc2ccc3c(c2)OCO3)n1-c1ccccc1. The molecule has 0 unspecified atom stereocenters. The molecule has 7 nitrogen and oxygen atoms in total. The van der Waals surface area contributed by atoms with Gasteiger partial charge in [0.1, 0.15) is 5.82 Å². The largest absolute Gasteiger partial charge is 0.465 e. The second-order valence-electron chi connectivity index (χ2n) is 6.03. The lowest BCUT2D eigenvalue weighted by Crippen LogP contribution is -2.08. The van der Waals surface area contributed by atoms with Crippen LogP contribution in [0.15, 0.2) is 53.7 Å². The minimum atomic E-state index is -0.271. The number of benzene rings is 2. The van der Waals surface area contributed by atoms with Crippen molar-refractivity contribution in [3.05, 3.63) is 59.9 Å². The molecule has 0 radical (unpaired) electrons. The maximum Gasteiger partial charge on any atom is 0.316 e. The summed E-state index contributed by atoms with van der Waals surface area (Å²) in [4.78, 5) is 11.7. The summed E-state index contributed by atoms with van der Waals surface area (Å²) >= 11 is 1.31. The lowest BCUT2D eigenvalue weighted by molar-refractivity contribution is -0.139. The van der Waals surface area contributed by atoms with E-state index in [2.05, 4.69) is 10.2 Å². The van der Waals surface area contributed by atoms with E-state index in [4.69, 9.17) is 14.2 Å². The van der Waals surface area contributed by atoms with Gasteiger partial charge in [0.15, 0.2) is 16.7 Å². The Morgan fingerprint density at radius 1 is 1.14 bits per heavy atom. The first-order valence-corrected chi connectivity index (χ1v) is 9.90. The highest BCUT2D eigenvalue weighted by molar-refractivity contribution is 7.99. The molecule has 0 atom stereocenters. The third kappa shape index (κ3) is 3.96. The number of aromatic nitrogens is 3. The van der Waals surface area contributed by atoms with Crippen LogP contribution in [0.2, 0.25) is 0 Å². The topological polar surface area (TPSA) is 75.5 Å². The van der Waals surface area contributed by atoms with Crippen molar-refractivity contribution in [1.82, 2.24) is 14.8 Å². The Bertz CT molecular complexity index is 975. The molecule has 2 aromatic carbocycles. The number of thioether (sulfide) groups is 1. The van der Waals surface area contributed by atoms with E-state index in [1.54, 1.807) is 6.92 Å². The summed E-state index contributed by atoms with van der Waals surface area (Å²) in [6, 6.07) is 15.7. The quantitative estimate of drug-likeness (QED) is 0.447. The fourth-order valence-corrected chi connectivity index (χ4v) is 3.67. The van der Waals surface area contributed by atoms with Crippen LogP contribution in [0, 0.1) is 0 Å². The van der Waals surface area contributed by atoms with Gasteiger partial charge in [-0.2, -0.15) is 0 Å². The minimum absolute atomic E-state index is 0.183. The molecule has 1 aliphatic rings. The highest BCUT2D eigenvalue weighted by Crippen LogP contribution is 2.33. The molecule has 8 heteroatoms. The van der Waals surface area contributed by atoms with E-state index >= 15 is 0 Å². The highest BCUT2D eigenvalue weighted by atomic mass is 32.2. The van der Waals surface area contributed by atoms with Crippen LogP contribution < -0.4 is 9.47 Å². The predicted molar refractivity (Wildman–Crippen MR) is 104 cm³/mol. The van der Waals surface area contributed by atoms with Gasteiger partial charge in [-0.1, -0.05) is 36.0 Å². The molecule has 2 heterocycles. The van der Waals surface area contributed by atoms with Gasteiger partial charge in [0.25, 0.3) is 0 Å². The molecule has 0 aliphatic carbocycles. The van der Waals surface area contributed by atoms with Gasteiger partial charge in [-0.15, -0.1) is 10.2 Å². The van der Waals surface area contributed by atoms with Crippen molar-refractivity contribution in [3.8, 4) is 17.2 Å². The van der Waals surface area contributed by atoms with Crippen molar-refractivity contribution in [1.29, 1.82) is 0 Å². The fraction of sp³-hybridized carbons (Fsp3) is 0.250. The fourth-order valence-electron chi connectivity index (χ4n) is 2.90. The average molecular weight is 397 g/mol. The van der Waals surface area contributed by atoms with Crippen molar-refractivity contribution < 1.29 is 19.0 Å². The van der Waals surface area contributed by atoms with E-state index in [0.29, 0.717) is 18.2 Å². The predicted octanol–water partition coefficient (Wildman–Crippen LogP) is 3.24. The maximum absolute atomic E-state index is 11.7. The Balaban J connectivity index is 1.62. The van der Waals surface area contributed by atoms with E-state index in [0.717, 1.165) is 28.6 Å². The van der Waals surface area contributed by atoms with Crippen molar-refractivity contribution in [3.63, 3.8) is 0 Å². The second-order valence-corrected chi connectivity index (χ2v) is 6.97. The maximum atomic E-state index is 11.7. The summed E-state index contributed by atoms with van der Waals surface area (Å²) in [7, 11) is 0. The minimum Gasteiger partial charge on any atom is -0.465 e. The number of esters is 1. The summed E-state index contributed by atoms with van der Waals surface area (Å²) in [5.74, 6) is 2.17. The zero-order valence-electron chi connectivity index (χ0n) is 15.3. The molecule has 28 heavy (non-hydrogen) atoms. The average Bonchev–Trinajstić information content (AvgIpc) is 3.34. The number of ether oxygens (including phenoxy) is 3. The van der Waals surface area contributed by atoms with Gasteiger partial charge in [0.2, 0.25) is 6.79 Å². The Morgan fingerprint density at radius 3 is 2.79 bits per heavy atom. The first-order chi connectivity index (χ1) is 13.7. The molecule has 4 rings (SSSR count). The Hall–Kier alpha value is -3.00. The number of fused-ring (bicyclic) bond motifs is 1. The van der Waals surface area contributed by atoms with E-state index in [-0.39, 0.29) is 18.5 Å². The van der Waals surface area contributed by atoms with E-state index in [9.17, 15) is 4.79 Å². The van der Waals surface area contributed by atoms with Crippen LogP contribution in [-0.2, 0) is 16.0 Å². The normalized spacial score (nSPS) is 12.2. The molecule has 3 aromatic rings. The molecule has 0 saturated carbocycles. The van der Waals surface area contributed by atoms with Crippen LogP contribution >= 0.6 is 11.8 Å². The molecule has 0 N–H and O–H groups in total. The van der Waals surface area contributed by atoms with Gasteiger partial charge in [-0.05, 0) is 36.8 Å². The third-order valence-corrected chi connectivity index (χ3v) is 5.04. The van der Waals surface area contributed by atoms with Crippen LogP contribution in [0.25, 0.3) is 5.69 Å². The molecule has 0 fully saturated rings. The van der Waals surface area contributed by atoms with Gasteiger partial charge < -0.3 is 14.2 Å². The smallest absolute Gasteiger partial charge is 0.316 e. The Kier molecular flexibility index (Phi) is 5.48. The lowest BCUT2D eigenvalue weighted by atomic mass is 10.1. The number of carbonyl (C=O) groups excluding carboxylic acids is 1. The van der Waals surface area contributed by atoms with Crippen LogP contribution in [0.5, 0.6) is 11.5 Å². The van der Waals surface area contributed by atoms with E-state index in [1.165, 1.54) is 11.8 Å². The Labute approximate surface area is 166 Å². The van der Waals surface area contributed by atoms with Crippen LogP contribution in [0.4, 0.5) is 0 Å². The van der Waals surface area contributed by atoms with Gasteiger partial charge in [-0.3, -0.25) is 9.36 Å². The standard InChI is InChI=1S/C20H19N3O4S/c1-2-25-19(24)12-28-20-22-21-18(23(20)15-6-4-3-5-7-15)11-14-8-9-16-17(10-14)27-13-26-16/h3-10H,2,11-13H2,1H3. The van der Waals surface area contributed by atoms with E-state index < -0.39 is 0 Å². The molecular weight excluding hydrogens is 378 g/mol. The summed E-state index contributed by atoms with van der Waals surface area (Å²) in [6.07, 6.45) is 0.568. The number of rotatable bonds is 7. The van der Waals surface area contributed by atoms with Crippen molar-refractivity contribution in [2.24, 2.45) is 0 Å². The zero-order valence-corrected chi connectivity index (χ0v) is 16.1.